The fraction of sp³-hybridized carbons (Fsp3) is 0.846. The summed E-state index contributed by atoms with van der Waals surface area (Å²) in [6.45, 7) is 6.62. The lowest BCUT2D eigenvalue weighted by molar-refractivity contribution is -0.136. The van der Waals surface area contributed by atoms with E-state index in [2.05, 4.69) is 5.32 Å². The zero-order valence-corrected chi connectivity index (χ0v) is 13.2. The molecule has 2 heterocycles. The molecule has 7 nitrogen and oxygen atoms in total. The predicted molar refractivity (Wildman–Crippen MR) is 79.6 cm³/mol. The number of nitrogens with zero attached hydrogens (tertiary/aromatic N) is 2. The van der Waals surface area contributed by atoms with Crippen LogP contribution >= 0.6 is 12.4 Å². The molecular weight excluding hydrogens is 298 g/mol. The fourth-order valence-electron chi connectivity index (χ4n) is 2.43. The number of amides is 2. The Kier molecular flexibility index (Phi) is 7.77. The highest BCUT2D eigenvalue weighted by Crippen LogP contribution is 2.09. The first kappa shape index (κ1) is 18.0. The summed E-state index contributed by atoms with van der Waals surface area (Å²) in [4.78, 5) is 27.2. The van der Waals surface area contributed by atoms with Gasteiger partial charge in [0.2, 0.25) is 5.91 Å². The Morgan fingerprint density at radius 1 is 1.24 bits per heavy atom. The average Bonchev–Trinajstić information content (AvgIpc) is 2.48. The number of halogens is 1. The third kappa shape index (κ3) is 5.33. The van der Waals surface area contributed by atoms with Gasteiger partial charge in [-0.1, -0.05) is 0 Å². The van der Waals surface area contributed by atoms with E-state index in [0.717, 1.165) is 13.1 Å². The smallest absolute Gasteiger partial charge is 0.409 e. The lowest BCUT2D eigenvalue weighted by atomic mass is 10.2. The summed E-state index contributed by atoms with van der Waals surface area (Å²) in [5.41, 5.74) is 0. The Labute approximate surface area is 131 Å². The van der Waals surface area contributed by atoms with Crippen LogP contribution in [0.2, 0.25) is 0 Å². The minimum Gasteiger partial charge on any atom is -0.450 e. The number of hydrogen-bond donors (Lipinski definition) is 1. The zero-order valence-electron chi connectivity index (χ0n) is 12.4. The number of hydrogen-bond acceptors (Lipinski definition) is 5. The fourth-order valence-corrected chi connectivity index (χ4v) is 2.43. The number of piperazine rings is 1. The van der Waals surface area contributed by atoms with Gasteiger partial charge in [0.25, 0.3) is 0 Å². The average molecular weight is 322 g/mol. The number of carbonyl (C=O) groups excluding carboxylic acids is 2. The van der Waals surface area contributed by atoms with Crippen molar-refractivity contribution in [3.63, 3.8) is 0 Å². The molecular formula is C13H24ClN3O4. The molecule has 2 fully saturated rings. The number of nitrogens with one attached hydrogen (secondary N) is 1. The first-order valence-electron chi connectivity index (χ1n) is 7.22. The van der Waals surface area contributed by atoms with E-state index in [1.165, 1.54) is 0 Å². The van der Waals surface area contributed by atoms with E-state index in [1.807, 2.05) is 0 Å². The molecule has 0 bridgehead atoms. The van der Waals surface area contributed by atoms with Gasteiger partial charge in [-0.2, -0.15) is 0 Å². The van der Waals surface area contributed by atoms with Crippen LogP contribution in [0.25, 0.3) is 0 Å². The van der Waals surface area contributed by atoms with E-state index < -0.39 is 0 Å². The van der Waals surface area contributed by atoms with E-state index in [4.69, 9.17) is 9.47 Å². The SMILES string of the molecule is CCOC(=O)N1CCN(C(=O)CC2CNCCO2)CC1.Cl. The molecule has 122 valence electrons. The van der Waals surface area contributed by atoms with Crippen LogP contribution in [-0.4, -0.2) is 80.4 Å². The molecule has 0 saturated carbocycles. The van der Waals surface area contributed by atoms with E-state index in [-0.39, 0.29) is 30.5 Å². The lowest BCUT2D eigenvalue weighted by Gasteiger charge is -2.35. The van der Waals surface area contributed by atoms with E-state index in [9.17, 15) is 9.59 Å². The summed E-state index contributed by atoms with van der Waals surface area (Å²) in [7, 11) is 0. The van der Waals surface area contributed by atoms with E-state index in [0.29, 0.717) is 45.8 Å². The Morgan fingerprint density at radius 2 is 1.90 bits per heavy atom. The van der Waals surface area contributed by atoms with Gasteiger partial charge in [-0.15, -0.1) is 12.4 Å². The molecule has 2 rings (SSSR count). The summed E-state index contributed by atoms with van der Waals surface area (Å²) >= 11 is 0. The summed E-state index contributed by atoms with van der Waals surface area (Å²) in [5, 5.41) is 3.21. The van der Waals surface area contributed by atoms with Gasteiger partial charge < -0.3 is 24.6 Å². The lowest BCUT2D eigenvalue weighted by Crippen LogP contribution is -2.52. The van der Waals surface area contributed by atoms with E-state index in [1.54, 1.807) is 16.7 Å². The molecule has 1 N–H and O–H groups in total. The van der Waals surface area contributed by atoms with Crippen molar-refractivity contribution >= 4 is 24.4 Å². The van der Waals surface area contributed by atoms with Gasteiger partial charge in [0.15, 0.2) is 0 Å². The van der Waals surface area contributed by atoms with Crippen LogP contribution in [0.3, 0.4) is 0 Å². The minimum absolute atomic E-state index is 0. The molecule has 8 heteroatoms. The van der Waals surface area contributed by atoms with Crippen LogP contribution in [0, 0.1) is 0 Å². The van der Waals surface area contributed by atoms with E-state index >= 15 is 0 Å². The molecule has 0 aromatic rings. The highest BCUT2D eigenvalue weighted by molar-refractivity contribution is 5.85. The summed E-state index contributed by atoms with van der Waals surface area (Å²) < 4.78 is 10.5. The van der Waals surface area contributed by atoms with Gasteiger partial charge in [0.05, 0.1) is 25.7 Å². The molecule has 2 aliphatic rings. The predicted octanol–water partition coefficient (Wildman–Crippen LogP) is 0.0874. The summed E-state index contributed by atoms with van der Waals surface area (Å²) in [5.74, 6) is 0.0993. The third-order valence-corrected chi connectivity index (χ3v) is 3.57. The van der Waals surface area contributed by atoms with Crippen molar-refractivity contribution in [2.24, 2.45) is 0 Å². The van der Waals surface area contributed by atoms with Gasteiger partial charge in [-0.3, -0.25) is 4.79 Å². The van der Waals surface area contributed by atoms with Gasteiger partial charge in [-0.25, -0.2) is 4.79 Å². The number of rotatable bonds is 3. The highest BCUT2D eigenvalue weighted by atomic mass is 35.5. The van der Waals surface area contributed by atoms with Crippen molar-refractivity contribution in [2.45, 2.75) is 19.4 Å². The monoisotopic (exact) mass is 321 g/mol. The molecule has 21 heavy (non-hydrogen) atoms. The molecule has 0 aliphatic carbocycles. The Balaban J connectivity index is 0.00000220. The Hall–Kier alpha value is -1.05. The van der Waals surface area contributed by atoms with Crippen LogP contribution < -0.4 is 5.32 Å². The maximum Gasteiger partial charge on any atom is 0.409 e. The van der Waals surface area contributed by atoms with Crippen LogP contribution in [0.15, 0.2) is 0 Å². The number of carbonyl (C=O) groups is 2. The largest absolute Gasteiger partial charge is 0.450 e. The van der Waals surface area contributed by atoms with Crippen molar-refractivity contribution < 1.29 is 19.1 Å². The van der Waals surface area contributed by atoms with Gasteiger partial charge in [-0.05, 0) is 6.92 Å². The van der Waals surface area contributed by atoms with Crippen LogP contribution in [0.4, 0.5) is 4.79 Å². The first-order chi connectivity index (χ1) is 9.70. The Morgan fingerprint density at radius 3 is 2.48 bits per heavy atom. The van der Waals surface area contributed by atoms with Crippen molar-refractivity contribution in [2.75, 3.05) is 52.5 Å². The normalized spacial score (nSPS) is 22.4. The van der Waals surface area contributed by atoms with Gasteiger partial charge >= 0.3 is 6.09 Å². The highest BCUT2D eigenvalue weighted by Gasteiger charge is 2.27. The quantitative estimate of drug-likeness (QED) is 0.797. The third-order valence-electron chi connectivity index (χ3n) is 3.57. The number of morpholine rings is 1. The molecule has 0 radical (unpaired) electrons. The van der Waals surface area contributed by atoms with Crippen molar-refractivity contribution in [1.82, 2.24) is 15.1 Å². The second-order valence-corrected chi connectivity index (χ2v) is 4.97. The summed E-state index contributed by atoms with van der Waals surface area (Å²) in [6, 6.07) is 0. The molecule has 0 aromatic carbocycles. The molecule has 2 amide bonds. The molecule has 1 unspecified atom stereocenters. The van der Waals surface area contributed by atoms with Gasteiger partial charge in [0, 0.05) is 39.3 Å². The minimum atomic E-state index is -0.292. The first-order valence-corrected chi connectivity index (χ1v) is 7.22. The van der Waals surface area contributed by atoms with Gasteiger partial charge in [0.1, 0.15) is 0 Å². The standard InChI is InChI=1S/C13H23N3O4.ClH/c1-2-19-13(18)16-6-4-15(5-7-16)12(17)9-11-10-14-3-8-20-11;/h11,14H,2-10H2,1H3;1H. The van der Waals surface area contributed by atoms with Crippen LogP contribution in [0.1, 0.15) is 13.3 Å². The van der Waals surface area contributed by atoms with Crippen molar-refractivity contribution in [1.29, 1.82) is 0 Å². The zero-order chi connectivity index (χ0) is 14.4. The maximum atomic E-state index is 12.2. The summed E-state index contributed by atoms with van der Waals surface area (Å²) in [6.07, 6.45) is 0.0885. The van der Waals surface area contributed by atoms with Crippen LogP contribution in [0.5, 0.6) is 0 Å². The molecule has 0 aromatic heterocycles. The molecule has 2 saturated heterocycles. The van der Waals surface area contributed by atoms with Crippen molar-refractivity contribution in [3.05, 3.63) is 0 Å². The molecule has 0 spiro atoms. The second kappa shape index (κ2) is 9.07. The number of ether oxygens (including phenoxy) is 2. The molecule has 1 atom stereocenters. The van der Waals surface area contributed by atoms with Crippen molar-refractivity contribution in [3.8, 4) is 0 Å². The maximum absolute atomic E-state index is 12.2. The van der Waals surface area contributed by atoms with Crippen LogP contribution in [-0.2, 0) is 14.3 Å². The molecule has 2 aliphatic heterocycles. The Bertz CT molecular complexity index is 342. The second-order valence-electron chi connectivity index (χ2n) is 4.97. The topological polar surface area (TPSA) is 71.1 Å².